The van der Waals surface area contributed by atoms with Gasteiger partial charge in [0.2, 0.25) is 0 Å². The van der Waals surface area contributed by atoms with Gasteiger partial charge in [0.05, 0.1) is 0 Å². The van der Waals surface area contributed by atoms with Gasteiger partial charge >= 0.3 is 0 Å². The van der Waals surface area contributed by atoms with Gasteiger partial charge in [0.25, 0.3) is 0 Å². The van der Waals surface area contributed by atoms with Gasteiger partial charge in [-0.05, 0) is 51.5 Å². The van der Waals surface area contributed by atoms with Crippen LogP contribution in [0.1, 0.15) is 33.3 Å². The molecule has 0 saturated carbocycles. The monoisotopic (exact) mass is 346 g/mol. The molecule has 0 amide bonds. The Balaban J connectivity index is 2.40. The molecule has 0 heterocycles. The van der Waals surface area contributed by atoms with Crippen LogP contribution in [0.4, 0.5) is 0 Å². The Labute approximate surface area is 130 Å². The van der Waals surface area contributed by atoms with Gasteiger partial charge < -0.3 is 5.32 Å². The van der Waals surface area contributed by atoms with Crippen LogP contribution in [0.25, 0.3) is 0 Å². The summed E-state index contributed by atoms with van der Waals surface area (Å²) < 4.78 is 1.07. The van der Waals surface area contributed by atoms with Crippen molar-refractivity contribution in [2.24, 2.45) is 0 Å². The number of halogens is 2. The first-order chi connectivity index (χ1) is 8.91. The minimum absolute atomic E-state index is 0.580. The lowest BCUT2D eigenvalue weighted by Crippen LogP contribution is -2.41. The number of benzene rings is 1. The first kappa shape index (κ1) is 17.0. The first-order valence-electron chi connectivity index (χ1n) is 6.82. The van der Waals surface area contributed by atoms with Crippen LogP contribution < -0.4 is 5.32 Å². The van der Waals surface area contributed by atoms with Crippen molar-refractivity contribution in [1.82, 2.24) is 10.2 Å². The van der Waals surface area contributed by atoms with Crippen molar-refractivity contribution in [2.45, 2.75) is 46.3 Å². The van der Waals surface area contributed by atoms with E-state index in [2.05, 4.69) is 59.9 Å². The van der Waals surface area contributed by atoms with Crippen molar-refractivity contribution in [1.29, 1.82) is 0 Å². The van der Waals surface area contributed by atoms with E-state index >= 15 is 0 Å². The van der Waals surface area contributed by atoms with E-state index < -0.39 is 0 Å². The quantitative estimate of drug-likeness (QED) is 0.739. The van der Waals surface area contributed by atoms with Crippen LogP contribution in [0.5, 0.6) is 0 Å². The summed E-state index contributed by atoms with van der Waals surface area (Å²) in [7, 11) is 0. The molecule has 1 aromatic carbocycles. The zero-order valence-electron chi connectivity index (χ0n) is 12.2. The fourth-order valence-corrected chi connectivity index (χ4v) is 2.82. The summed E-state index contributed by atoms with van der Waals surface area (Å²) >= 11 is 9.64. The fourth-order valence-electron chi connectivity index (χ4n) is 2.22. The lowest BCUT2D eigenvalue weighted by Gasteiger charge is -2.30. The highest BCUT2D eigenvalue weighted by atomic mass is 79.9. The molecule has 2 nitrogen and oxygen atoms in total. The number of nitrogens with one attached hydrogen (secondary N) is 1. The second kappa shape index (κ2) is 8.25. The van der Waals surface area contributed by atoms with Gasteiger partial charge in [-0.3, -0.25) is 4.90 Å². The van der Waals surface area contributed by atoms with E-state index in [-0.39, 0.29) is 0 Å². The third-order valence-corrected chi connectivity index (χ3v) is 4.06. The van der Waals surface area contributed by atoms with Crippen LogP contribution in [-0.4, -0.2) is 30.1 Å². The molecule has 0 bridgehead atoms. The minimum Gasteiger partial charge on any atom is -0.311 e. The molecule has 0 spiro atoms. The summed E-state index contributed by atoms with van der Waals surface area (Å²) in [6.07, 6.45) is 0. The van der Waals surface area contributed by atoms with Gasteiger partial charge in [0.1, 0.15) is 0 Å². The maximum atomic E-state index is 6.17. The zero-order valence-corrected chi connectivity index (χ0v) is 14.6. The predicted molar refractivity (Wildman–Crippen MR) is 87.8 cm³/mol. The van der Waals surface area contributed by atoms with Gasteiger partial charge in [-0.25, -0.2) is 0 Å². The smallest absolute Gasteiger partial charge is 0.0451 e. The molecule has 0 fully saturated rings. The summed E-state index contributed by atoms with van der Waals surface area (Å²) in [6, 6.07) is 7.12. The molecule has 19 heavy (non-hydrogen) atoms. The van der Waals surface area contributed by atoms with Crippen LogP contribution in [0, 0.1) is 0 Å². The average Bonchev–Trinajstić information content (AvgIpc) is 2.32. The van der Waals surface area contributed by atoms with Gasteiger partial charge in [0, 0.05) is 41.2 Å². The standard InChI is InChI=1S/C15H24BrClN2/c1-11(2)19(12(3)4)8-7-18-10-13-9-14(16)5-6-15(13)17/h5-6,9,11-12,18H,7-8,10H2,1-4H3. The number of hydrogen-bond donors (Lipinski definition) is 1. The van der Waals surface area contributed by atoms with Gasteiger partial charge in [-0.2, -0.15) is 0 Å². The molecule has 1 N–H and O–H groups in total. The SMILES string of the molecule is CC(C)N(CCNCc1cc(Br)ccc1Cl)C(C)C. The zero-order chi connectivity index (χ0) is 14.4. The summed E-state index contributed by atoms with van der Waals surface area (Å²) in [5, 5.41) is 4.28. The fraction of sp³-hybridized carbons (Fsp3) is 0.600. The molecule has 0 aliphatic carbocycles. The Morgan fingerprint density at radius 2 is 1.84 bits per heavy atom. The van der Waals surface area contributed by atoms with Crippen molar-refractivity contribution in [2.75, 3.05) is 13.1 Å². The highest BCUT2D eigenvalue weighted by Crippen LogP contribution is 2.20. The van der Waals surface area contributed by atoms with Crippen LogP contribution in [0.2, 0.25) is 5.02 Å². The van der Waals surface area contributed by atoms with E-state index in [4.69, 9.17) is 11.6 Å². The second-order valence-electron chi connectivity index (χ2n) is 5.34. The van der Waals surface area contributed by atoms with Crippen LogP contribution in [0.15, 0.2) is 22.7 Å². The molecule has 4 heteroatoms. The molecule has 1 aromatic rings. The molecular weight excluding hydrogens is 324 g/mol. The molecule has 1 rings (SSSR count). The van der Waals surface area contributed by atoms with E-state index in [1.807, 2.05) is 12.1 Å². The average molecular weight is 348 g/mol. The number of nitrogens with zero attached hydrogens (tertiary/aromatic N) is 1. The number of rotatable bonds is 7. The Morgan fingerprint density at radius 3 is 2.42 bits per heavy atom. The lowest BCUT2D eigenvalue weighted by molar-refractivity contribution is 0.176. The summed E-state index contributed by atoms with van der Waals surface area (Å²) in [5.41, 5.74) is 1.14. The third-order valence-electron chi connectivity index (χ3n) is 3.20. The van der Waals surface area contributed by atoms with Gasteiger partial charge in [-0.1, -0.05) is 27.5 Å². The van der Waals surface area contributed by atoms with Gasteiger partial charge in [-0.15, -0.1) is 0 Å². The highest BCUT2D eigenvalue weighted by molar-refractivity contribution is 9.10. The number of hydrogen-bond acceptors (Lipinski definition) is 2. The highest BCUT2D eigenvalue weighted by Gasteiger charge is 2.12. The van der Waals surface area contributed by atoms with Crippen molar-refractivity contribution >= 4 is 27.5 Å². The maximum absolute atomic E-state index is 6.17. The van der Waals surface area contributed by atoms with Crippen molar-refractivity contribution in [3.05, 3.63) is 33.3 Å². The van der Waals surface area contributed by atoms with Crippen LogP contribution >= 0.6 is 27.5 Å². The molecule has 0 aliphatic rings. The third kappa shape index (κ3) is 5.82. The molecule has 108 valence electrons. The van der Waals surface area contributed by atoms with Crippen molar-refractivity contribution in [3.8, 4) is 0 Å². The van der Waals surface area contributed by atoms with E-state index in [0.29, 0.717) is 12.1 Å². The molecular formula is C15H24BrClN2. The molecule has 0 unspecified atom stereocenters. The largest absolute Gasteiger partial charge is 0.311 e. The normalized spacial score (nSPS) is 11.8. The summed E-state index contributed by atoms with van der Waals surface area (Å²) in [6.45, 7) is 11.8. The first-order valence-corrected chi connectivity index (χ1v) is 7.99. The van der Waals surface area contributed by atoms with Gasteiger partial charge in [0.15, 0.2) is 0 Å². The molecule has 0 aromatic heterocycles. The Bertz CT molecular complexity index is 386. The Morgan fingerprint density at radius 1 is 1.21 bits per heavy atom. The minimum atomic E-state index is 0.580. The van der Waals surface area contributed by atoms with Crippen LogP contribution in [0.3, 0.4) is 0 Å². The molecule has 0 aliphatic heterocycles. The van der Waals surface area contributed by atoms with Crippen molar-refractivity contribution in [3.63, 3.8) is 0 Å². The van der Waals surface area contributed by atoms with E-state index in [9.17, 15) is 0 Å². The molecule has 0 atom stereocenters. The predicted octanol–water partition coefficient (Wildman–Crippen LogP) is 4.31. The maximum Gasteiger partial charge on any atom is 0.0451 e. The Hall–Kier alpha value is -0.0900. The topological polar surface area (TPSA) is 15.3 Å². The summed E-state index contributed by atoms with van der Waals surface area (Å²) in [5.74, 6) is 0. The molecule has 0 saturated heterocycles. The van der Waals surface area contributed by atoms with E-state index in [1.165, 1.54) is 0 Å². The lowest BCUT2D eigenvalue weighted by atomic mass is 10.2. The van der Waals surface area contributed by atoms with E-state index in [0.717, 1.165) is 34.7 Å². The Kier molecular flexibility index (Phi) is 7.37. The van der Waals surface area contributed by atoms with Crippen LogP contribution in [-0.2, 0) is 6.54 Å². The summed E-state index contributed by atoms with van der Waals surface area (Å²) in [4.78, 5) is 2.48. The molecule has 0 radical (unpaired) electrons. The van der Waals surface area contributed by atoms with E-state index in [1.54, 1.807) is 0 Å². The van der Waals surface area contributed by atoms with Crippen molar-refractivity contribution < 1.29 is 0 Å². The second-order valence-corrected chi connectivity index (χ2v) is 6.66.